The van der Waals surface area contributed by atoms with Crippen LogP contribution in [0.3, 0.4) is 0 Å². The Balaban J connectivity index is 1.48. The third-order valence-electron chi connectivity index (χ3n) is 6.66. The predicted octanol–water partition coefficient (Wildman–Crippen LogP) is 4.17. The van der Waals surface area contributed by atoms with Crippen molar-refractivity contribution in [2.75, 3.05) is 27.2 Å². The number of rotatable bonds is 7. The van der Waals surface area contributed by atoms with Crippen LogP contribution in [0.2, 0.25) is 0 Å². The van der Waals surface area contributed by atoms with Gasteiger partial charge in [-0.15, -0.1) is 0 Å². The number of benzene rings is 2. The summed E-state index contributed by atoms with van der Waals surface area (Å²) in [7, 11) is 3.61. The summed E-state index contributed by atoms with van der Waals surface area (Å²) >= 11 is 0. The van der Waals surface area contributed by atoms with Crippen molar-refractivity contribution in [3.05, 3.63) is 59.9 Å². The van der Waals surface area contributed by atoms with Crippen LogP contribution in [-0.4, -0.2) is 58.5 Å². The fourth-order valence-electron chi connectivity index (χ4n) is 4.42. The fraction of sp³-hybridized carbons (Fsp3) is 0.462. The number of likely N-dealkylation sites (tertiary alicyclic amines) is 1. The number of amides is 1. The second-order valence-corrected chi connectivity index (χ2v) is 9.04. The zero-order valence-corrected chi connectivity index (χ0v) is 19.6. The van der Waals surface area contributed by atoms with E-state index in [1.165, 1.54) is 5.56 Å². The zero-order valence-electron chi connectivity index (χ0n) is 19.6. The molecule has 0 N–H and O–H groups in total. The molecule has 0 radical (unpaired) electrons. The van der Waals surface area contributed by atoms with Gasteiger partial charge in [0.15, 0.2) is 0 Å². The number of hydrogen-bond acceptors (Lipinski definition) is 4. The van der Waals surface area contributed by atoms with Crippen LogP contribution < -0.4 is 4.74 Å². The molecule has 1 aliphatic heterocycles. The third kappa shape index (κ3) is 4.80. The quantitative estimate of drug-likeness (QED) is 0.560. The highest BCUT2D eigenvalue weighted by Gasteiger charge is 2.28. The molecule has 0 atom stereocenters. The first-order valence-electron chi connectivity index (χ1n) is 11.5. The van der Waals surface area contributed by atoms with Gasteiger partial charge in [0.25, 0.3) is 0 Å². The molecule has 170 valence electrons. The maximum Gasteiger partial charge on any atom is 0.225 e. The van der Waals surface area contributed by atoms with Gasteiger partial charge in [-0.25, -0.2) is 4.98 Å². The first kappa shape index (κ1) is 22.3. The van der Waals surface area contributed by atoms with Crippen molar-refractivity contribution in [2.45, 2.75) is 45.8 Å². The normalized spacial score (nSPS) is 15.4. The molecule has 1 aliphatic rings. The molecule has 3 aromatic rings. The van der Waals surface area contributed by atoms with Crippen LogP contribution in [0.4, 0.5) is 0 Å². The van der Waals surface area contributed by atoms with Gasteiger partial charge in [0.2, 0.25) is 5.91 Å². The van der Waals surface area contributed by atoms with Gasteiger partial charge < -0.3 is 14.2 Å². The highest BCUT2D eigenvalue weighted by atomic mass is 16.5. The second-order valence-electron chi connectivity index (χ2n) is 9.04. The van der Waals surface area contributed by atoms with Gasteiger partial charge in [0.05, 0.1) is 24.7 Å². The Hall–Kier alpha value is -2.86. The van der Waals surface area contributed by atoms with E-state index < -0.39 is 0 Å². The minimum Gasteiger partial charge on any atom is -0.497 e. The summed E-state index contributed by atoms with van der Waals surface area (Å²) in [4.78, 5) is 22.0. The van der Waals surface area contributed by atoms with Crippen molar-refractivity contribution in [1.29, 1.82) is 0 Å². The van der Waals surface area contributed by atoms with Gasteiger partial charge in [0, 0.05) is 25.6 Å². The van der Waals surface area contributed by atoms with E-state index in [0.29, 0.717) is 0 Å². The molecule has 0 bridgehead atoms. The first-order valence-corrected chi connectivity index (χ1v) is 11.5. The maximum absolute atomic E-state index is 12.7. The smallest absolute Gasteiger partial charge is 0.225 e. The number of piperidine rings is 1. The Bertz CT molecular complexity index is 1050. The number of hydrogen-bond donors (Lipinski definition) is 0. The molecule has 4 rings (SSSR count). The van der Waals surface area contributed by atoms with Gasteiger partial charge >= 0.3 is 0 Å². The summed E-state index contributed by atoms with van der Waals surface area (Å²) in [5, 5.41) is 0. The Morgan fingerprint density at radius 3 is 2.44 bits per heavy atom. The number of nitrogens with zero attached hydrogens (tertiary/aromatic N) is 4. The van der Waals surface area contributed by atoms with Gasteiger partial charge in [-0.05, 0) is 69.6 Å². The van der Waals surface area contributed by atoms with Crippen molar-refractivity contribution >= 4 is 16.9 Å². The first-order chi connectivity index (χ1) is 15.5. The van der Waals surface area contributed by atoms with E-state index >= 15 is 0 Å². The van der Waals surface area contributed by atoms with E-state index in [9.17, 15) is 4.79 Å². The fourth-order valence-corrected chi connectivity index (χ4v) is 4.42. The number of aromatic nitrogens is 2. The van der Waals surface area contributed by atoms with Gasteiger partial charge in [-0.2, -0.15) is 0 Å². The largest absolute Gasteiger partial charge is 0.497 e. The molecule has 0 spiro atoms. The molecular formula is C26H34N4O2. The molecule has 2 heterocycles. The Kier molecular flexibility index (Phi) is 6.80. The Labute approximate surface area is 190 Å². The van der Waals surface area contributed by atoms with E-state index in [1.807, 2.05) is 30.1 Å². The summed E-state index contributed by atoms with van der Waals surface area (Å²) in [6.07, 6.45) is 1.82. The van der Waals surface area contributed by atoms with Crippen molar-refractivity contribution in [2.24, 2.45) is 5.92 Å². The number of para-hydroxylation sites is 2. The second kappa shape index (κ2) is 9.74. The van der Waals surface area contributed by atoms with Gasteiger partial charge in [0.1, 0.15) is 11.6 Å². The van der Waals surface area contributed by atoms with E-state index in [-0.39, 0.29) is 17.9 Å². The minimum absolute atomic E-state index is 0.136. The molecule has 1 amide bonds. The van der Waals surface area contributed by atoms with Crippen molar-refractivity contribution < 1.29 is 9.53 Å². The van der Waals surface area contributed by atoms with Crippen LogP contribution in [-0.2, 0) is 17.9 Å². The number of imidazole rings is 1. The molecule has 1 fully saturated rings. The molecule has 1 aromatic heterocycles. The summed E-state index contributed by atoms with van der Waals surface area (Å²) < 4.78 is 7.62. The molecule has 6 nitrogen and oxygen atoms in total. The molecule has 1 saturated heterocycles. The highest BCUT2D eigenvalue weighted by molar-refractivity contribution is 5.79. The van der Waals surface area contributed by atoms with E-state index in [1.54, 1.807) is 7.11 Å². The lowest BCUT2D eigenvalue weighted by Gasteiger charge is -2.34. The molecule has 32 heavy (non-hydrogen) atoms. The van der Waals surface area contributed by atoms with Crippen LogP contribution in [0, 0.1) is 5.92 Å². The molecular weight excluding hydrogens is 400 g/mol. The monoisotopic (exact) mass is 434 g/mol. The SMILES string of the molecule is COc1ccc(Cn2c(CN3CCC(C(=O)N(C)C(C)C)CC3)nc3ccccc32)cc1. The zero-order chi connectivity index (χ0) is 22.7. The van der Waals surface area contributed by atoms with Gasteiger partial charge in [-0.1, -0.05) is 24.3 Å². The predicted molar refractivity (Wildman–Crippen MR) is 128 cm³/mol. The molecule has 0 unspecified atom stereocenters. The van der Waals surface area contributed by atoms with Crippen LogP contribution in [0.5, 0.6) is 5.75 Å². The Morgan fingerprint density at radius 2 is 1.78 bits per heavy atom. The lowest BCUT2D eigenvalue weighted by Crippen LogP contribution is -2.43. The summed E-state index contributed by atoms with van der Waals surface area (Å²) in [5.41, 5.74) is 3.40. The number of carbonyl (C=O) groups excluding carboxylic acids is 1. The maximum atomic E-state index is 12.7. The lowest BCUT2D eigenvalue weighted by molar-refractivity contribution is -0.137. The van der Waals surface area contributed by atoms with Crippen molar-refractivity contribution in [3.8, 4) is 5.75 Å². The standard InChI is InChI=1S/C26H34N4O2/c1-19(2)28(3)26(31)21-13-15-29(16-14-21)18-25-27-23-7-5-6-8-24(23)30(25)17-20-9-11-22(32-4)12-10-20/h5-12,19,21H,13-18H2,1-4H3. The van der Waals surface area contributed by atoms with Crippen LogP contribution in [0.25, 0.3) is 11.0 Å². The summed E-state index contributed by atoms with van der Waals surface area (Å²) in [6, 6.07) is 16.8. The minimum atomic E-state index is 0.136. The topological polar surface area (TPSA) is 50.6 Å². The number of carbonyl (C=O) groups is 1. The molecule has 0 saturated carbocycles. The van der Waals surface area contributed by atoms with Crippen molar-refractivity contribution in [1.82, 2.24) is 19.4 Å². The van der Waals surface area contributed by atoms with E-state index in [2.05, 4.69) is 53.6 Å². The number of ether oxygens (including phenoxy) is 1. The van der Waals surface area contributed by atoms with Crippen LogP contribution >= 0.6 is 0 Å². The molecule has 2 aromatic carbocycles. The third-order valence-corrected chi connectivity index (χ3v) is 6.66. The van der Waals surface area contributed by atoms with Crippen LogP contribution in [0.1, 0.15) is 38.1 Å². The number of methoxy groups -OCH3 is 1. The summed E-state index contributed by atoms with van der Waals surface area (Å²) in [6.45, 7) is 7.56. The van der Waals surface area contributed by atoms with Crippen LogP contribution in [0.15, 0.2) is 48.5 Å². The number of fused-ring (bicyclic) bond motifs is 1. The van der Waals surface area contributed by atoms with Crippen molar-refractivity contribution in [3.63, 3.8) is 0 Å². The Morgan fingerprint density at radius 1 is 1.09 bits per heavy atom. The highest BCUT2D eigenvalue weighted by Crippen LogP contribution is 2.24. The average Bonchev–Trinajstić information content (AvgIpc) is 3.15. The molecule has 6 heteroatoms. The molecule has 0 aliphatic carbocycles. The van der Waals surface area contributed by atoms with E-state index in [4.69, 9.17) is 9.72 Å². The summed E-state index contributed by atoms with van der Waals surface area (Å²) in [5.74, 6) is 2.36. The van der Waals surface area contributed by atoms with Gasteiger partial charge in [-0.3, -0.25) is 9.69 Å². The lowest BCUT2D eigenvalue weighted by atomic mass is 9.95. The average molecular weight is 435 g/mol. The van der Waals surface area contributed by atoms with E-state index in [0.717, 1.165) is 61.6 Å².